The van der Waals surface area contributed by atoms with Gasteiger partial charge in [0.15, 0.2) is 0 Å². The predicted molar refractivity (Wildman–Crippen MR) is 126 cm³/mol. The van der Waals surface area contributed by atoms with Crippen molar-refractivity contribution >= 4 is 19.7 Å². The van der Waals surface area contributed by atoms with Crippen molar-refractivity contribution in [3.63, 3.8) is 0 Å². The Labute approximate surface area is 202 Å². The summed E-state index contributed by atoms with van der Waals surface area (Å²) in [6, 6.07) is 22.6. The van der Waals surface area contributed by atoms with Gasteiger partial charge in [0.25, 0.3) is 0 Å². The molecular formula is C25H20O8S2. The SMILES string of the molecule is O=S(=O)(c1ccc(OCOc2ccc(S(=O)(=O)c3ccccc3O)cc2)cc1)c1ccccc1O. The first-order valence-electron chi connectivity index (χ1n) is 10.2. The first-order valence-corrected chi connectivity index (χ1v) is 13.2. The monoisotopic (exact) mass is 512 g/mol. The Morgan fingerprint density at radius 2 is 0.857 bits per heavy atom. The standard InChI is InChI=1S/C25H20O8S2/c26-22-5-1-3-7-24(22)34(28,29)20-13-9-18(10-14-20)32-17-33-19-11-15-21(16-12-19)35(30,31)25-8-4-2-6-23(25)27/h1-16,26-27H,17H2. The van der Waals surface area contributed by atoms with Crippen molar-refractivity contribution in [3.8, 4) is 23.0 Å². The second-order valence-electron chi connectivity index (χ2n) is 7.29. The van der Waals surface area contributed by atoms with Gasteiger partial charge in [0.05, 0.1) is 9.79 Å². The normalized spacial score (nSPS) is 11.7. The second-order valence-corrected chi connectivity index (χ2v) is 11.1. The van der Waals surface area contributed by atoms with Crippen molar-refractivity contribution < 1.29 is 36.5 Å². The molecular weight excluding hydrogens is 492 g/mol. The maximum atomic E-state index is 12.7. The van der Waals surface area contributed by atoms with E-state index in [1.54, 1.807) is 0 Å². The molecule has 0 unspecified atom stereocenters. The Morgan fingerprint density at radius 3 is 1.20 bits per heavy atom. The fraction of sp³-hybridized carbons (Fsp3) is 0.0400. The van der Waals surface area contributed by atoms with E-state index in [2.05, 4.69) is 0 Å². The minimum Gasteiger partial charge on any atom is -0.507 e. The van der Waals surface area contributed by atoms with Gasteiger partial charge < -0.3 is 19.7 Å². The highest BCUT2D eigenvalue weighted by Crippen LogP contribution is 2.30. The molecule has 0 spiro atoms. The van der Waals surface area contributed by atoms with Gasteiger partial charge in [-0.3, -0.25) is 0 Å². The van der Waals surface area contributed by atoms with Gasteiger partial charge in [0.2, 0.25) is 26.5 Å². The molecule has 2 N–H and O–H groups in total. The van der Waals surface area contributed by atoms with Crippen LogP contribution in [0.2, 0.25) is 0 Å². The lowest BCUT2D eigenvalue weighted by atomic mass is 10.3. The van der Waals surface area contributed by atoms with Gasteiger partial charge in [0.1, 0.15) is 32.8 Å². The zero-order chi connectivity index (χ0) is 25.1. The van der Waals surface area contributed by atoms with Crippen LogP contribution in [0.15, 0.2) is 117 Å². The lowest BCUT2D eigenvalue weighted by Gasteiger charge is -2.11. The van der Waals surface area contributed by atoms with Crippen LogP contribution in [0.4, 0.5) is 0 Å². The summed E-state index contributed by atoms with van der Waals surface area (Å²) >= 11 is 0. The summed E-state index contributed by atoms with van der Waals surface area (Å²) in [6.07, 6.45) is 0. The predicted octanol–water partition coefficient (Wildman–Crippen LogP) is 4.18. The van der Waals surface area contributed by atoms with E-state index < -0.39 is 19.7 Å². The molecule has 0 fully saturated rings. The van der Waals surface area contributed by atoms with Crippen molar-refractivity contribution in [3.05, 3.63) is 97.1 Å². The summed E-state index contributed by atoms with van der Waals surface area (Å²) in [5.41, 5.74) is 0. The van der Waals surface area contributed by atoms with Crippen molar-refractivity contribution in [1.29, 1.82) is 0 Å². The van der Waals surface area contributed by atoms with E-state index in [1.807, 2.05) is 0 Å². The van der Waals surface area contributed by atoms with Crippen LogP contribution in [-0.4, -0.2) is 33.8 Å². The summed E-state index contributed by atoms with van der Waals surface area (Å²) < 4.78 is 61.7. The fourth-order valence-corrected chi connectivity index (χ4v) is 5.92. The number of rotatable bonds is 8. The maximum absolute atomic E-state index is 12.7. The van der Waals surface area contributed by atoms with Gasteiger partial charge >= 0.3 is 0 Å². The number of ether oxygens (including phenoxy) is 2. The molecule has 0 heterocycles. The van der Waals surface area contributed by atoms with Gasteiger partial charge in [-0.1, -0.05) is 24.3 Å². The van der Waals surface area contributed by atoms with E-state index in [-0.39, 0.29) is 37.9 Å². The zero-order valence-electron chi connectivity index (χ0n) is 18.1. The smallest absolute Gasteiger partial charge is 0.230 e. The quantitative estimate of drug-likeness (QED) is 0.337. The van der Waals surface area contributed by atoms with E-state index in [4.69, 9.17) is 9.47 Å². The molecule has 4 aromatic carbocycles. The van der Waals surface area contributed by atoms with E-state index in [0.717, 1.165) is 0 Å². The summed E-state index contributed by atoms with van der Waals surface area (Å²) in [7, 11) is -7.78. The molecule has 0 aliphatic rings. The molecule has 0 saturated heterocycles. The van der Waals surface area contributed by atoms with Gasteiger partial charge in [-0.25, -0.2) is 16.8 Å². The lowest BCUT2D eigenvalue weighted by molar-refractivity contribution is 0.119. The van der Waals surface area contributed by atoms with Crippen molar-refractivity contribution in [1.82, 2.24) is 0 Å². The topological polar surface area (TPSA) is 127 Å². The first kappa shape index (κ1) is 24.1. The molecule has 180 valence electrons. The van der Waals surface area contributed by atoms with E-state index in [1.165, 1.54) is 97.1 Å². The number of para-hydroxylation sites is 2. The zero-order valence-corrected chi connectivity index (χ0v) is 19.7. The largest absolute Gasteiger partial charge is 0.507 e. The molecule has 0 amide bonds. The third-order valence-corrected chi connectivity index (χ3v) is 8.66. The van der Waals surface area contributed by atoms with Crippen LogP contribution in [-0.2, 0) is 19.7 Å². The average Bonchev–Trinajstić information content (AvgIpc) is 2.85. The maximum Gasteiger partial charge on any atom is 0.230 e. The highest BCUT2D eigenvalue weighted by molar-refractivity contribution is 7.92. The van der Waals surface area contributed by atoms with Gasteiger partial charge in [-0.05, 0) is 72.8 Å². The van der Waals surface area contributed by atoms with Crippen LogP contribution < -0.4 is 9.47 Å². The Hall–Kier alpha value is -4.02. The van der Waals surface area contributed by atoms with Gasteiger partial charge in [-0.2, -0.15) is 0 Å². The van der Waals surface area contributed by atoms with Gasteiger partial charge in [0, 0.05) is 0 Å². The number of phenols is 2. The second kappa shape index (κ2) is 9.69. The van der Waals surface area contributed by atoms with Crippen molar-refractivity contribution in [2.24, 2.45) is 0 Å². The van der Waals surface area contributed by atoms with Crippen LogP contribution in [0.1, 0.15) is 0 Å². The Balaban J connectivity index is 1.38. The van der Waals surface area contributed by atoms with Crippen LogP contribution in [0.5, 0.6) is 23.0 Å². The van der Waals surface area contributed by atoms with Crippen molar-refractivity contribution in [2.75, 3.05) is 6.79 Å². The number of sulfone groups is 2. The van der Waals surface area contributed by atoms with Crippen molar-refractivity contribution in [2.45, 2.75) is 19.6 Å². The molecule has 0 aromatic heterocycles. The summed E-state index contributed by atoms with van der Waals surface area (Å²) in [5, 5.41) is 19.7. The number of hydrogen-bond donors (Lipinski definition) is 2. The molecule has 0 radical (unpaired) electrons. The third kappa shape index (κ3) is 5.08. The number of benzene rings is 4. The van der Waals surface area contributed by atoms with Gasteiger partial charge in [-0.15, -0.1) is 0 Å². The average molecular weight is 513 g/mol. The van der Waals surface area contributed by atoms with Crippen LogP contribution in [0, 0.1) is 0 Å². The molecule has 10 heteroatoms. The molecule has 8 nitrogen and oxygen atoms in total. The Bertz CT molecular complexity index is 1430. The highest BCUT2D eigenvalue weighted by atomic mass is 32.2. The number of aromatic hydroxyl groups is 2. The summed E-state index contributed by atoms with van der Waals surface area (Å²) in [4.78, 5) is -0.392. The minimum absolute atomic E-state index is 0.00600. The molecule has 4 aromatic rings. The molecule has 35 heavy (non-hydrogen) atoms. The summed E-state index contributed by atoms with van der Waals surface area (Å²) in [5.74, 6) is 0.0289. The van der Waals surface area contributed by atoms with E-state index >= 15 is 0 Å². The first-order chi connectivity index (χ1) is 16.7. The molecule has 0 bridgehead atoms. The molecule has 0 saturated carbocycles. The molecule has 4 rings (SSSR count). The highest BCUT2D eigenvalue weighted by Gasteiger charge is 2.22. The minimum atomic E-state index is -3.89. The Morgan fingerprint density at radius 1 is 0.514 bits per heavy atom. The van der Waals surface area contributed by atoms with Crippen LogP contribution in [0.3, 0.4) is 0 Å². The molecule has 0 atom stereocenters. The van der Waals surface area contributed by atoms with E-state index in [9.17, 15) is 27.0 Å². The number of hydrogen-bond acceptors (Lipinski definition) is 8. The third-order valence-electron chi connectivity index (χ3n) is 5.03. The lowest BCUT2D eigenvalue weighted by Crippen LogP contribution is -2.07. The molecule has 0 aliphatic carbocycles. The van der Waals surface area contributed by atoms with Crippen LogP contribution in [0.25, 0.3) is 0 Å². The fourth-order valence-electron chi connectivity index (χ4n) is 3.22. The molecule has 0 aliphatic heterocycles. The Kier molecular flexibility index (Phi) is 6.68. The number of phenolic OH excluding ortho intramolecular Hbond substituents is 2. The summed E-state index contributed by atoms with van der Waals surface area (Å²) in [6.45, 7) is -0.211. The van der Waals surface area contributed by atoms with Crippen LogP contribution >= 0.6 is 0 Å². The van der Waals surface area contributed by atoms with E-state index in [0.29, 0.717) is 11.5 Å².